The summed E-state index contributed by atoms with van der Waals surface area (Å²) in [6.45, 7) is 0. The zero-order valence-corrected chi connectivity index (χ0v) is 23.7. The number of benzene rings is 4. The predicted molar refractivity (Wildman–Crippen MR) is 163 cm³/mol. The number of aromatic nitrogens is 1. The molecule has 212 valence electrons. The van der Waals surface area contributed by atoms with Crippen LogP contribution in [0.4, 0.5) is 5.69 Å². The molecule has 3 heterocycles. The van der Waals surface area contributed by atoms with Crippen LogP contribution in [0.15, 0.2) is 127 Å². The highest BCUT2D eigenvalue weighted by Gasteiger charge is 2.64. The number of carbonyl (C=O) groups excluding carboxylic acids is 2. The normalized spacial score (nSPS) is 21.3. The molecule has 5 aromatic rings. The summed E-state index contributed by atoms with van der Waals surface area (Å²) in [5.74, 6) is -0.153. The lowest BCUT2D eigenvalue weighted by molar-refractivity contribution is -0.617. The molecule has 1 spiro atoms. The maximum Gasteiger partial charge on any atom is 0.383 e. The average Bonchev–Trinajstić information content (AvgIpc) is 3.05. The van der Waals surface area contributed by atoms with Gasteiger partial charge in [-0.05, 0) is 30.3 Å². The van der Waals surface area contributed by atoms with E-state index in [4.69, 9.17) is 9.62 Å². The van der Waals surface area contributed by atoms with Gasteiger partial charge in [0, 0.05) is 30.4 Å². The first kappa shape index (κ1) is 26.6. The summed E-state index contributed by atoms with van der Waals surface area (Å²) < 4.78 is 7.71. The number of carbonyl (C=O) groups is 2. The van der Waals surface area contributed by atoms with Gasteiger partial charge in [-0.15, -0.1) is 0 Å². The molecular weight excluding hydrogens is 540 g/mol. The molecule has 0 bridgehead atoms. The molecule has 1 fully saturated rings. The van der Waals surface area contributed by atoms with Gasteiger partial charge in [-0.25, -0.2) is 9.59 Å². The van der Waals surface area contributed by atoms with Gasteiger partial charge >= 0.3 is 11.9 Å². The van der Waals surface area contributed by atoms with E-state index in [0.717, 1.165) is 33.1 Å². The number of fused-ring (bicyclic) bond motifs is 6. The maximum absolute atomic E-state index is 12.9. The van der Waals surface area contributed by atoms with Gasteiger partial charge in [-0.2, -0.15) is 9.45 Å². The summed E-state index contributed by atoms with van der Waals surface area (Å²) in [4.78, 5) is 37.2. The Morgan fingerprint density at radius 3 is 2.07 bits per heavy atom. The second-order valence-electron chi connectivity index (χ2n) is 10.8. The lowest BCUT2D eigenvalue weighted by Gasteiger charge is -2.51. The highest BCUT2D eigenvalue weighted by atomic mass is 17.3. The monoisotopic (exact) mass is 569 g/mol. The summed E-state index contributed by atoms with van der Waals surface area (Å²) in [7, 11) is 4.05. The van der Waals surface area contributed by atoms with E-state index in [0.29, 0.717) is 11.3 Å². The molecule has 1 saturated heterocycles. The van der Waals surface area contributed by atoms with Crippen molar-refractivity contribution in [2.45, 2.75) is 11.6 Å². The fraction of sp³-hybridized carbons (Fsp3) is 0.139. The third-order valence-corrected chi connectivity index (χ3v) is 8.49. The van der Waals surface area contributed by atoms with E-state index in [9.17, 15) is 9.59 Å². The first-order valence-corrected chi connectivity index (χ1v) is 14.1. The Bertz CT molecular complexity index is 1890. The maximum atomic E-state index is 12.9. The van der Waals surface area contributed by atoms with Crippen LogP contribution >= 0.6 is 0 Å². The second kappa shape index (κ2) is 10.5. The molecule has 0 amide bonds. The molecule has 1 aromatic heterocycles. The number of hydrogen-bond donors (Lipinski definition) is 0. The van der Waals surface area contributed by atoms with Crippen LogP contribution in [0.5, 0.6) is 5.75 Å². The standard InChI is InChI=1S/C21H16NO2.C15H13NO3/c1-22-18-13-7-5-11-16(18)20(17-12-6-8-14-19(17)22)21(23)24-15-9-3-2-4-10-15;1-16-12-8-4-2-6-10(12)15(14(17)18-19-15)11-7-3-5-9-13(11)16/h2-14H,1H3;2-10,12H,1H3/q+1;. The number of likely N-dealkylation sites (N-methyl/N-ethyl adjacent to an activating group) is 1. The summed E-state index contributed by atoms with van der Waals surface area (Å²) in [5.41, 5.74) is 3.51. The SMILES string of the molecule is CN1c2ccccc2C2(OOC2=O)C2C=CC=CC21.C[n+]1c2ccccc2c(C(=O)Oc2ccccc2)c2ccccc21. The molecule has 0 radical (unpaired) electrons. The summed E-state index contributed by atoms with van der Waals surface area (Å²) >= 11 is 0. The highest BCUT2D eigenvalue weighted by molar-refractivity contribution is 6.13. The zero-order chi connectivity index (χ0) is 29.6. The average molecular weight is 570 g/mol. The number of esters is 1. The number of pyridine rings is 1. The summed E-state index contributed by atoms with van der Waals surface area (Å²) in [5, 5.41) is 1.78. The van der Waals surface area contributed by atoms with Crippen LogP contribution in [-0.4, -0.2) is 25.0 Å². The van der Waals surface area contributed by atoms with Crippen molar-refractivity contribution in [2.75, 3.05) is 11.9 Å². The Morgan fingerprint density at radius 1 is 0.814 bits per heavy atom. The fourth-order valence-corrected chi connectivity index (χ4v) is 6.39. The molecule has 8 rings (SSSR count). The molecule has 3 atom stereocenters. The van der Waals surface area contributed by atoms with Gasteiger partial charge in [0.25, 0.3) is 0 Å². The van der Waals surface area contributed by atoms with Crippen molar-refractivity contribution in [1.82, 2.24) is 0 Å². The van der Waals surface area contributed by atoms with E-state index in [-0.39, 0.29) is 23.9 Å². The van der Waals surface area contributed by atoms with Crippen LogP contribution in [0.3, 0.4) is 0 Å². The molecule has 0 saturated carbocycles. The summed E-state index contributed by atoms with van der Waals surface area (Å²) in [6, 6.07) is 32.9. The first-order chi connectivity index (χ1) is 21.0. The van der Waals surface area contributed by atoms with Gasteiger partial charge in [0.05, 0.1) is 28.3 Å². The number of hydrogen-bond acceptors (Lipinski definition) is 6. The van der Waals surface area contributed by atoms with Gasteiger partial charge in [0.1, 0.15) is 12.8 Å². The molecule has 2 aliphatic heterocycles. The van der Waals surface area contributed by atoms with Gasteiger partial charge in [0.15, 0.2) is 0 Å². The Morgan fingerprint density at radius 2 is 1.42 bits per heavy atom. The van der Waals surface area contributed by atoms with Gasteiger partial charge in [-0.3, -0.25) is 4.89 Å². The first-order valence-electron chi connectivity index (χ1n) is 14.1. The molecule has 3 aliphatic rings. The van der Waals surface area contributed by atoms with Gasteiger partial charge < -0.3 is 9.64 Å². The number of nitrogens with zero attached hydrogens (tertiary/aromatic N) is 2. The van der Waals surface area contributed by atoms with E-state index in [1.54, 1.807) is 12.1 Å². The van der Waals surface area contributed by atoms with Crippen molar-refractivity contribution in [2.24, 2.45) is 13.0 Å². The quantitative estimate of drug-likeness (QED) is 0.0859. The van der Waals surface area contributed by atoms with E-state index in [1.807, 2.05) is 123 Å². The molecule has 0 N–H and O–H groups in total. The Hall–Kier alpha value is -5.27. The minimum atomic E-state index is -0.977. The van der Waals surface area contributed by atoms with Crippen molar-refractivity contribution in [3.8, 4) is 5.75 Å². The molecule has 1 aliphatic carbocycles. The van der Waals surface area contributed by atoms with Crippen LogP contribution in [-0.2, 0) is 27.2 Å². The lowest BCUT2D eigenvalue weighted by Crippen LogP contribution is -2.63. The van der Waals surface area contributed by atoms with E-state index in [1.165, 1.54) is 0 Å². The number of rotatable bonds is 2. The largest absolute Gasteiger partial charge is 0.423 e. The van der Waals surface area contributed by atoms with Crippen molar-refractivity contribution in [3.05, 3.63) is 139 Å². The molecule has 3 unspecified atom stereocenters. The number of ether oxygens (including phenoxy) is 1. The molecular formula is C36H29N2O5+. The minimum Gasteiger partial charge on any atom is -0.423 e. The zero-order valence-electron chi connectivity index (χ0n) is 23.7. The van der Waals surface area contributed by atoms with Crippen LogP contribution in [0, 0.1) is 5.92 Å². The highest BCUT2D eigenvalue weighted by Crippen LogP contribution is 2.53. The van der Waals surface area contributed by atoms with E-state index < -0.39 is 5.60 Å². The third kappa shape index (κ3) is 4.20. The molecule has 4 aromatic carbocycles. The Kier molecular flexibility index (Phi) is 6.52. The van der Waals surface area contributed by atoms with Crippen LogP contribution in [0.1, 0.15) is 15.9 Å². The topological polar surface area (TPSA) is 69.0 Å². The number of allylic oxidation sites excluding steroid dienone is 2. The van der Waals surface area contributed by atoms with E-state index >= 15 is 0 Å². The van der Waals surface area contributed by atoms with Gasteiger partial charge in [0.2, 0.25) is 16.6 Å². The minimum absolute atomic E-state index is 0.0568. The lowest BCUT2D eigenvalue weighted by atomic mass is 9.70. The fourth-order valence-electron chi connectivity index (χ4n) is 6.39. The van der Waals surface area contributed by atoms with Crippen molar-refractivity contribution in [3.63, 3.8) is 0 Å². The van der Waals surface area contributed by atoms with Crippen LogP contribution in [0.2, 0.25) is 0 Å². The molecule has 7 nitrogen and oxygen atoms in total. The van der Waals surface area contributed by atoms with Crippen molar-refractivity contribution >= 4 is 39.4 Å². The Balaban J connectivity index is 0.000000143. The molecule has 7 heteroatoms. The van der Waals surface area contributed by atoms with Gasteiger partial charge in [-0.1, -0.05) is 85.0 Å². The number of anilines is 1. The van der Waals surface area contributed by atoms with Crippen LogP contribution in [0.25, 0.3) is 21.8 Å². The third-order valence-electron chi connectivity index (χ3n) is 8.49. The summed E-state index contributed by atoms with van der Waals surface area (Å²) in [6.07, 6.45) is 8.08. The second-order valence-corrected chi connectivity index (χ2v) is 10.8. The van der Waals surface area contributed by atoms with Crippen LogP contribution < -0.4 is 14.2 Å². The van der Waals surface area contributed by atoms with E-state index in [2.05, 4.69) is 20.4 Å². The van der Waals surface area contributed by atoms with Crippen molar-refractivity contribution < 1.29 is 28.7 Å². The number of para-hydroxylation sites is 4. The Labute approximate surface area is 248 Å². The molecule has 43 heavy (non-hydrogen) atoms. The predicted octanol–water partition coefficient (Wildman–Crippen LogP) is 5.97. The van der Waals surface area contributed by atoms with Crippen molar-refractivity contribution in [1.29, 1.82) is 0 Å². The number of aryl methyl sites for hydroxylation is 1. The smallest absolute Gasteiger partial charge is 0.383 e.